The van der Waals surface area contributed by atoms with Crippen LogP contribution in [0, 0.1) is 6.92 Å². The molecule has 0 saturated heterocycles. The van der Waals surface area contributed by atoms with E-state index < -0.39 is 0 Å². The van der Waals surface area contributed by atoms with Crippen LogP contribution in [0.4, 0.5) is 0 Å². The lowest BCUT2D eigenvalue weighted by Gasteiger charge is -2.06. The van der Waals surface area contributed by atoms with E-state index in [4.69, 9.17) is 20.8 Å². The van der Waals surface area contributed by atoms with Crippen molar-refractivity contribution in [1.82, 2.24) is 0 Å². The van der Waals surface area contributed by atoms with Crippen LogP contribution in [0.15, 0.2) is 33.5 Å². The van der Waals surface area contributed by atoms with E-state index in [2.05, 4.69) is 0 Å². The maximum Gasteiger partial charge on any atom is 0.336 e. The smallest absolute Gasteiger partial charge is 0.336 e. The first-order valence-electron chi connectivity index (χ1n) is 5.44. The van der Waals surface area contributed by atoms with Gasteiger partial charge in [0, 0.05) is 17.3 Å². The summed E-state index contributed by atoms with van der Waals surface area (Å²) in [4.78, 5) is 11.2. The molecule has 0 amide bonds. The molecule has 0 aliphatic rings. The number of alkyl halides is 1. The molecule has 3 nitrogen and oxygen atoms in total. The third kappa shape index (κ3) is 2.80. The molecule has 0 atom stereocenters. The summed E-state index contributed by atoms with van der Waals surface area (Å²) in [7, 11) is 0. The Kier molecular flexibility index (Phi) is 3.69. The maximum absolute atomic E-state index is 11.2. The van der Waals surface area contributed by atoms with Crippen molar-refractivity contribution < 1.29 is 9.15 Å². The normalized spacial score (nSPS) is 10.7. The molecule has 0 saturated carbocycles. The number of ether oxygens (including phenoxy) is 1. The average molecular weight is 253 g/mol. The molecule has 4 heteroatoms. The fourth-order valence-corrected chi connectivity index (χ4v) is 1.74. The summed E-state index contributed by atoms with van der Waals surface area (Å²) in [5.74, 6) is 1.35. The summed E-state index contributed by atoms with van der Waals surface area (Å²) >= 11 is 5.58. The first-order valence-corrected chi connectivity index (χ1v) is 5.97. The minimum atomic E-state index is -0.328. The number of hydrogen-bond acceptors (Lipinski definition) is 3. The van der Waals surface area contributed by atoms with Crippen molar-refractivity contribution in [2.75, 3.05) is 12.5 Å². The third-order valence-electron chi connectivity index (χ3n) is 2.47. The summed E-state index contributed by atoms with van der Waals surface area (Å²) in [6.45, 7) is 2.46. The van der Waals surface area contributed by atoms with Crippen molar-refractivity contribution >= 4 is 22.6 Å². The Balaban J connectivity index is 2.33. The molecule has 0 fully saturated rings. The van der Waals surface area contributed by atoms with E-state index in [0.717, 1.165) is 23.1 Å². The SMILES string of the molecule is Cc1cc(=O)oc2ccc(OCCCCl)cc12. The first-order chi connectivity index (χ1) is 8.20. The van der Waals surface area contributed by atoms with E-state index >= 15 is 0 Å². The topological polar surface area (TPSA) is 39.4 Å². The lowest BCUT2D eigenvalue weighted by molar-refractivity contribution is 0.318. The van der Waals surface area contributed by atoms with E-state index in [1.807, 2.05) is 13.0 Å². The Morgan fingerprint density at radius 2 is 2.18 bits per heavy atom. The van der Waals surface area contributed by atoms with Crippen LogP contribution in [-0.2, 0) is 0 Å². The number of fused-ring (bicyclic) bond motifs is 1. The van der Waals surface area contributed by atoms with Crippen LogP contribution < -0.4 is 10.4 Å². The van der Waals surface area contributed by atoms with Gasteiger partial charge in [0.2, 0.25) is 0 Å². The summed E-state index contributed by atoms with van der Waals surface area (Å²) in [5, 5.41) is 0.896. The molecule has 0 aliphatic carbocycles. The molecule has 0 spiro atoms. The molecule has 90 valence electrons. The highest BCUT2D eigenvalue weighted by molar-refractivity contribution is 6.17. The van der Waals surface area contributed by atoms with E-state index in [-0.39, 0.29) is 5.63 Å². The summed E-state index contributed by atoms with van der Waals surface area (Å²) in [6.07, 6.45) is 0.808. The molecule has 2 aromatic rings. The largest absolute Gasteiger partial charge is 0.494 e. The van der Waals surface area contributed by atoms with E-state index in [1.54, 1.807) is 12.1 Å². The second-order valence-corrected chi connectivity index (χ2v) is 4.18. The Morgan fingerprint density at radius 3 is 2.94 bits per heavy atom. The van der Waals surface area contributed by atoms with Gasteiger partial charge in [-0.1, -0.05) is 0 Å². The Bertz CT molecular complexity index is 574. The lowest BCUT2D eigenvalue weighted by Crippen LogP contribution is -2.00. The van der Waals surface area contributed by atoms with Crippen LogP contribution in [0.3, 0.4) is 0 Å². The number of benzene rings is 1. The van der Waals surface area contributed by atoms with Crippen LogP contribution in [0.5, 0.6) is 5.75 Å². The summed E-state index contributed by atoms with van der Waals surface area (Å²) in [6, 6.07) is 6.89. The van der Waals surface area contributed by atoms with E-state index in [9.17, 15) is 4.79 Å². The van der Waals surface area contributed by atoms with Gasteiger partial charge in [-0.25, -0.2) is 4.79 Å². The van der Waals surface area contributed by atoms with Crippen LogP contribution in [-0.4, -0.2) is 12.5 Å². The zero-order valence-electron chi connectivity index (χ0n) is 9.53. The van der Waals surface area contributed by atoms with Crippen LogP contribution in [0.25, 0.3) is 11.0 Å². The minimum Gasteiger partial charge on any atom is -0.494 e. The van der Waals surface area contributed by atoms with Gasteiger partial charge in [0.1, 0.15) is 11.3 Å². The number of rotatable bonds is 4. The van der Waals surface area contributed by atoms with Crippen LogP contribution in [0.2, 0.25) is 0 Å². The standard InChI is InChI=1S/C13H13ClO3/c1-9-7-13(15)17-12-4-3-10(8-11(9)12)16-6-2-5-14/h3-4,7-8H,2,5-6H2,1H3. The highest BCUT2D eigenvalue weighted by Gasteiger charge is 2.03. The Morgan fingerprint density at radius 1 is 1.35 bits per heavy atom. The fraction of sp³-hybridized carbons (Fsp3) is 0.308. The summed E-state index contributed by atoms with van der Waals surface area (Å²) < 4.78 is 10.6. The molecular weight excluding hydrogens is 240 g/mol. The average Bonchev–Trinajstić information content (AvgIpc) is 2.30. The molecular formula is C13H13ClO3. The number of halogens is 1. The number of hydrogen-bond donors (Lipinski definition) is 0. The van der Waals surface area contributed by atoms with Gasteiger partial charge in [0.05, 0.1) is 6.61 Å². The second kappa shape index (κ2) is 5.23. The predicted octanol–water partition coefficient (Wildman–Crippen LogP) is 3.11. The van der Waals surface area contributed by atoms with Gasteiger partial charge in [-0.3, -0.25) is 0 Å². The van der Waals surface area contributed by atoms with Crippen molar-refractivity contribution in [3.63, 3.8) is 0 Å². The van der Waals surface area contributed by atoms with Gasteiger partial charge in [-0.15, -0.1) is 11.6 Å². The van der Waals surface area contributed by atoms with Crippen molar-refractivity contribution in [1.29, 1.82) is 0 Å². The van der Waals surface area contributed by atoms with Gasteiger partial charge >= 0.3 is 5.63 Å². The zero-order valence-corrected chi connectivity index (χ0v) is 10.3. The third-order valence-corrected chi connectivity index (χ3v) is 2.73. The number of aryl methyl sites for hydroxylation is 1. The van der Waals surface area contributed by atoms with Gasteiger partial charge in [-0.05, 0) is 37.1 Å². The lowest BCUT2D eigenvalue weighted by atomic mass is 10.1. The highest BCUT2D eigenvalue weighted by Crippen LogP contribution is 2.22. The van der Waals surface area contributed by atoms with Crippen LogP contribution >= 0.6 is 11.6 Å². The van der Waals surface area contributed by atoms with Gasteiger partial charge < -0.3 is 9.15 Å². The van der Waals surface area contributed by atoms with Crippen molar-refractivity contribution in [3.05, 3.63) is 40.2 Å². The Labute approximate surface area is 104 Å². The first kappa shape index (κ1) is 12.0. The quantitative estimate of drug-likeness (QED) is 0.477. The molecule has 0 radical (unpaired) electrons. The van der Waals surface area contributed by atoms with Crippen LogP contribution in [0.1, 0.15) is 12.0 Å². The molecule has 0 aliphatic heterocycles. The molecule has 1 aromatic carbocycles. The minimum absolute atomic E-state index is 0.328. The van der Waals surface area contributed by atoms with Crippen molar-refractivity contribution in [2.45, 2.75) is 13.3 Å². The zero-order chi connectivity index (χ0) is 12.3. The predicted molar refractivity (Wildman–Crippen MR) is 68.1 cm³/mol. The fourth-order valence-electron chi connectivity index (χ4n) is 1.63. The highest BCUT2D eigenvalue weighted by atomic mass is 35.5. The second-order valence-electron chi connectivity index (χ2n) is 3.80. The van der Waals surface area contributed by atoms with Crippen molar-refractivity contribution in [2.24, 2.45) is 0 Å². The van der Waals surface area contributed by atoms with Crippen molar-refractivity contribution in [3.8, 4) is 5.75 Å². The van der Waals surface area contributed by atoms with E-state index in [0.29, 0.717) is 18.1 Å². The monoisotopic (exact) mass is 252 g/mol. The molecule has 0 N–H and O–H groups in total. The summed E-state index contributed by atoms with van der Waals surface area (Å²) in [5.41, 5.74) is 1.14. The molecule has 0 bridgehead atoms. The molecule has 1 heterocycles. The molecule has 0 unspecified atom stereocenters. The molecule has 17 heavy (non-hydrogen) atoms. The van der Waals surface area contributed by atoms with E-state index in [1.165, 1.54) is 6.07 Å². The maximum atomic E-state index is 11.2. The molecule has 2 rings (SSSR count). The molecule has 1 aromatic heterocycles. The van der Waals surface area contributed by atoms with Gasteiger partial charge in [0.15, 0.2) is 0 Å². The van der Waals surface area contributed by atoms with Gasteiger partial charge in [0.25, 0.3) is 0 Å². The Hall–Kier alpha value is -1.48. The van der Waals surface area contributed by atoms with Gasteiger partial charge in [-0.2, -0.15) is 0 Å².